The third kappa shape index (κ3) is 4.72. The predicted octanol–water partition coefficient (Wildman–Crippen LogP) is 3.61. The van der Waals surface area contributed by atoms with E-state index in [2.05, 4.69) is 4.74 Å². The number of methoxy groups -OCH3 is 1. The molecular formula is C25H25NO5S. The lowest BCUT2D eigenvalue weighted by molar-refractivity contribution is -0.166. The summed E-state index contributed by atoms with van der Waals surface area (Å²) < 4.78 is 10.2. The topological polar surface area (TPSA) is 72.9 Å². The molecule has 7 heteroatoms. The minimum absolute atomic E-state index is 0.0414. The monoisotopic (exact) mass is 451 g/mol. The van der Waals surface area contributed by atoms with Crippen LogP contribution in [-0.2, 0) is 30.5 Å². The van der Waals surface area contributed by atoms with E-state index in [1.165, 1.54) is 13.2 Å². The Bertz CT molecular complexity index is 994. The smallest absolute Gasteiger partial charge is 0.330 e. The number of β-lactam (4-membered cyclic amide) rings is 1. The summed E-state index contributed by atoms with van der Waals surface area (Å²) in [5, 5.41) is -0.0933. The van der Waals surface area contributed by atoms with Crippen molar-refractivity contribution in [2.24, 2.45) is 5.92 Å². The fraction of sp³-hybridized carbons (Fsp3) is 0.320. The Morgan fingerprint density at radius 3 is 2.47 bits per heavy atom. The molecule has 2 aliphatic rings. The molecule has 1 amide bonds. The van der Waals surface area contributed by atoms with E-state index in [9.17, 15) is 14.4 Å². The fourth-order valence-corrected chi connectivity index (χ4v) is 5.63. The zero-order valence-electron chi connectivity index (χ0n) is 17.8. The number of hydrogen-bond donors (Lipinski definition) is 0. The molecule has 2 aromatic carbocycles. The van der Waals surface area contributed by atoms with Crippen LogP contribution in [0.4, 0.5) is 0 Å². The molecule has 0 bridgehead atoms. The highest BCUT2D eigenvalue weighted by atomic mass is 32.2. The number of allylic oxidation sites excluding steroid dienone is 1. The van der Waals surface area contributed by atoms with E-state index in [4.69, 9.17) is 4.74 Å². The van der Waals surface area contributed by atoms with E-state index >= 15 is 0 Å². The third-order valence-corrected chi connectivity index (χ3v) is 7.16. The molecule has 2 heterocycles. The van der Waals surface area contributed by atoms with Crippen molar-refractivity contribution in [2.75, 3.05) is 7.11 Å². The molecule has 166 valence electrons. The van der Waals surface area contributed by atoms with Crippen LogP contribution in [0.3, 0.4) is 0 Å². The lowest BCUT2D eigenvalue weighted by Crippen LogP contribution is -2.62. The maximum Gasteiger partial charge on any atom is 0.330 e. The Hall–Kier alpha value is -3.06. The van der Waals surface area contributed by atoms with Crippen LogP contribution >= 0.6 is 11.8 Å². The third-order valence-electron chi connectivity index (χ3n) is 5.86. The Morgan fingerprint density at radius 1 is 1.09 bits per heavy atom. The molecule has 32 heavy (non-hydrogen) atoms. The molecule has 2 aromatic rings. The number of amides is 1. The second-order valence-corrected chi connectivity index (χ2v) is 9.14. The summed E-state index contributed by atoms with van der Waals surface area (Å²) in [7, 11) is 1.32. The van der Waals surface area contributed by atoms with Gasteiger partial charge < -0.3 is 14.4 Å². The fourth-order valence-electron chi connectivity index (χ4n) is 4.30. The van der Waals surface area contributed by atoms with Gasteiger partial charge in [-0.25, -0.2) is 9.59 Å². The number of benzene rings is 2. The molecule has 2 aliphatic heterocycles. The second-order valence-electron chi connectivity index (χ2n) is 7.82. The number of fused-ring (bicyclic) bond motifs is 1. The SMILES string of the molecule is COC(=O)/C=C/CC1C(=O)N2C1CC(Sc1ccccc1)C2C(=O)OCc1ccccc1. The second kappa shape index (κ2) is 10.0. The average molecular weight is 452 g/mol. The van der Waals surface area contributed by atoms with Crippen LogP contribution in [0.1, 0.15) is 18.4 Å². The van der Waals surface area contributed by atoms with Gasteiger partial charge in [0.2, 0.25) is 5.91 Å². The number of thioether (sulfide) groups is 1. The lowest BCUT2D eigenvalue weighted by Gasteiger charge is -2.44. The first-order valence-electron chi connectivity index (χ1n) is 10.6. The maximum atomic E-state index is 13.1. The summed E-state index contributed by atoms with van der Waals surface area (Å²) in [6, 6.07) is 18.7. The molecular weight excluding hydrogens is 426 g/mol. The van der Waals surface area contributed by atoms with Gasteiger partial charge in [-0.1, -0.05) is 54.6 Å². The van der Waals surface area contributed by atoms with Crippen molar-refractivity contribution in [1.82, 2.24) is 4.90 Å². The molecule has 6 nitrogen and oxygen atoms in total. The van der Waals surface area contributed by atoms with Crippen LogP contribution in [-0.4, -0.2) is 47.2 Å². The molecule has 0 radical (unpaired) electrons. The van der Waals surface area contributed by atoms with Gasteiger partial charge in [0, 0.05) is 22.3 Å². The van der Waals surface area contributed by atoms with Crippen molar-refractivity contribution < 1.29 is 23.9 Å². The minimum atomic E-state index is -0.623. The first-order valence-corrected chi connectivity index (χ1v) is 11.5. The van der Waals surface area contributed by atoms with Crippen LogP contribution in [0, 0.1) is 5.92 Å². The number of carbonyl (C=O) groups is 3. The molecule has 0 aromatic heterocycles. The Kier molecular flexibility index (Phi) is 6.95. The number of ether oxygens (including phenoxy) is 2. The molecule has 2 fully saturated rings. The Morgan fingerprint density at radius 2 is 1.78 bits per heavy atom. The van der Waals surface area contributed by atoms with Gasteiger partial charge in [-0.05, 0) is 30.5 Å². The highest BCUT2D eigenvalue weighted by molar-refractivity contribution is 8.00. The van der Waals surface area contributed by atoms with Gasteiger partial charge in [-0.3, -0.25) is 4.79 Å². The van der Waals surface area contributed by atoms with Crippen molar-refractivity contribution in [1.29, 1.82) is 0 Å². The van der Waals surface area contributed by atoms with Crippen molar-refractivity contribution in [3.63, 3.8) is 0 Å². The van der Waals surface area contributed by atoms with Gasteiger partial charge in [0.25, 0.3) is 0 Å². The number of carbonyl (C=O) groups excluding carboxylic acids is 3. The van der Waals surface area contributed by atoms with E-state index in [0.29, 0.717) is 12.8 Å². The molecule has 0 N–H and O–H groups in total. The van der Waals surface area contributed by atoms with Gasteiger partial charge in [-0.2, -0.15) is 0 Å². The largest absolute Gasteiger partial charge is 0.466 e. The number of rotatable bonds is 8. The molecule has 2 saturated heterocycles. The first-order chi connectivity index (χ1) is 15.6. The highest BCUT2D eigenvalue weighted by Crippen LogP contribution is 2.47. The summed E-state index contributed by atoms with van der Waals surface area (Å²) >= 11 is 1.61. The number of hydrogen-bond acceptors (Lipinski definition) is 6. The number of nitrogens with zero attached hydrogens (tertiary/aromatic N) is 1. The van der Waals surface area contributed by atoms with Crippen molar-refractivity contribution in [3.05, 3.63) is 78.4 Å². The normalized spacial score (nSPS) is 24.2. The molecule has 4 unspecified atom stereocenters. The van der Waals surface area contributed by atoms with Gasteiger partial charge in [0.1, 0.15) is 12.6 Å². The number of esters is 2. The molecule has 4 rings (SSSR count). The predicted molar refractivity (Wildman–Crippen MR) is 121 cm³/mol. The van der Waals surface area contributed by atoms with Crippen LogP contribution in [0.15, 0.2) is 77.7 Å². The molecule has 0 spiro atoms. The molecule has 0 aliphatic carbocycles. The first kappa shape index (κ1) is 22.1. The Labute approximate surface area is 191 Å². The van der Waals surface area contributed by atoms with Crippen molar-refractivity contribution >= 4 is 29.6 Å². The Balaban J connectivity index is 1.48. The van der Waals surface area contributed by atoms with Crippen LogP contribution in [0.5, 0.6) is 0 Å². The van der Waals surface area contributed by atoms with Gasteiger partial charge >= 0.3 is 11.9 Å². The molecule has 4 atom stereocenters. The summed E-state index contributed by atoms with van der Waals surface area (Å²) in [5.74, 6) is -1.12. The van der Waals surface area contributed by atoms with Crippen LogP contribution in [0.2, 0.25) is 0 Å². The van der Waals surface area contributed by atoms with Crippen LogP contribution < -0.4 is 0 Å². The van der Waals surface area contributed by atoms with Gasteiger partial charge in [0.15, 0.2) is 0 Å². The zero-order chi connectivity index (χ0) is 22.5. The lowest BCUT2D eigenvalue weighted by atomic mass is 9.85. The summed E-state index contributed by atoms with van der Waals surface area (Å²) in [6.45, 7) is 0.177. The van der Waals surface area contributed by atoms with E-state index in [0.717, 1.165) is 10.5 Å². The summed E-state index contributed by atoms with van der Waals surface area (Å²) in [6.07, 6.45) is 4.16. The summed E-state index contributed by atoms with van der Waals surface area (Å²) in [4.78, 5) is 40.1. The standard InChI is InChI=1S/C25H25NO5S/c1-30-22(27)14-8-13-19-20-15-21(32-18-11-6-3-7-12-18)23(26(20)24(19)28)25(29)31-16-17-9-4-2-5-10-17/h2-12,14,19-21,23H,13,15-16H2,1H3/b14-8+. The van der Waals surface area contributed by atoms with E-state index in [-0.39, 0.29) is 35.7 Å². The minimum Gasteiger partial charge on any atom is -0.466 e. The van der Waals surface area contributed by atoms with E-state index < -0.39 is 12.0 Å². The van der Waals surface area contributed by atoms with Crippen molar-refractivity contribution in [3.8, 4) is 0 Å². The summed E-state index contributed by atoms with van der Waals surface area (Å²) in [5.41, 5.74) is 0.906. The zero-order valence-corrected chi connectivity index (χ0v) is 18.6. The molecule has 0 saturated carbocycles. The van der Waals surface area contributed by atoms with Crippen molar-refractivity contribution in [2.45, 2.75) is 41.7 Å². The average Bonchev–Trinajstić information content (AvgIpc) is 3.16. The van der Waals surface area contributed by atoms with E-state index in [1.807, 2.05) is 60.7 Å². The van der Waals surface area contributed by atoms with Gasteiger partial charge in [0.05, 0.1) is 13.0 Å². The highest BCUT2D eigenvalue weighted by Gasteiger charge is 2.59. The quantitative estimate of drug-likeness (QED) is 0.347. The maximum absolute atomic E-state index is 13.1. The van der Waals surface area contributed by atoms with Crippen LogP contribution in [0.25, 0.3) is 0 Å². The van der Waals surface area contributed by atoms with E-state index in [1.54, 1.807) is 22.7 Å². The van der Waals surface area contributed by atoms with Gasteiger partial charge in [-0.15, -0.1) is 11.8 Å².